The fourth-order valence-corrected chi connectivity index (χ4v) is 3.63. The Morgan fingerprint density at radius 2 is 1.92 bits per heavy atom. The standard InChI is InChI=1S/C16H13N3O5S/c1-24-12-7-8-14(19(20)21)15(10-12)25(22,23)18-13-6-2-4-11-5-3-9-17-16(11)13/h2-10,18H,1H3. The highest BCUT2D eigenvalue weighted by Gasteiger charge is 2.27. The summed E-state index contributed by atoms with van der Waals surface area (Å²) in [6.07, 6.45) is 1.54. The zero-order valence-corrected chi connectivity index (χ0v) is 13.9. The summed E-state index contributed by atoms with van der Waals surface area (Å²) in [5, 5.41) is 11.9. The minimum Gasteiger partial charge on any atom is -0.497 e. The Labute approximate surface area is 143 Å². The number of hydrogen-bond acceptors (Lipinski definition) is 6. The molecule has 0 saturated heterocycles. The van der Waals surface area contributed by atoms with Gasteiger partial charge in [-0.3, -0.25) is 19.8 Å². The number of nitro benzene ring substituents is 1. The number of ether oxygens (including phenoxy) is 1. The Morgan fingerprint density at radius 3 is 2.64 bits per heavy atom. The van der Waals surface area contributed by atoms with Crippen molar-refractivity contribution < 1.29 is 18.1 Å². The molecular weight excluding hydrogens is 346 g/mol. The molecule has 0 spiro atoms. The number of para-hydroxylation sites is 1. The molecule has 1 heterocycles. The van der Waals surface area contributed by atoms with Gasteiger partial charge in [0.25, 0.3) is 15.7 Å². The maximum atomic E-state index is 12.7. The molecule has 0 atom stereocenters. The Morgan fingerprint density at radius 1 is 1.16 bits per heavy atom. The summed E-state index contributed by atoms with van der Waals surface area (Å²) < 4.78 is 32.8. The lowest BCUT2D eigenvalue weighted by Gasteiger charge is -2.11. The fourth-order valence-electron chi connectivity index (χ4n) is 2.37. The van der Waals surface area contributed by atoms with Gasteiger partial charge in [-0.05, 0) is 18.2 Å². The molecule has 2 aromatic carbocycles. The first-order valence-electron chi connectivity index (χ1n) is 7.11. The number of pyridine rings is 1. The van der Waals surface area contributed by atoms with Crippen molar-refractivity contribution in [2.24, 2.45) is 0 Å². The van der Waals surface area contributed by atoms with Crippen molar-refractivity contribution in [1.82, 2.24) is 4.98 Å². The van der Waals surface area contributed by atoms with E-state index >= 15 is 0 Å². The quantitative estimate of drug-likeness (QED) is 0.554. The molecule has 9 heteroatoms. The summed E-state index contributed by atoms with van der Waals surface area (Å²) in [4.78, 5) is 14.1. The van der Waals surface area contributed by atoms with Crippen molar-refractivity contribution in [1.29, 1.82) is 0 Å². The van der Waals surface area contributed by atoms with E-state index in [1.807, 2.05) is 0 Å². The van der Waals surface area contributed by atoms with E-state index in [9.17, 15) is 18.5 Å². The highest BCUT2D eigenvalue weighted by atomic mass is 32.2. The molecule has 25 heavy (non-hydrogen) atoms. The van der Waals surface area contributed by atoms with Gasteiger partial charge in [0.05, 0.1) is 23.2 Å². The predicted molar refractivity (Wildman–Crippen MR) is 92.2 cm³/mol. The Bertz CT molecular complexity index is 1060. The number of anilines is 1. The smallest absolute Gasteiger partial charge is 0.290 e. The van der Waals surface area contributed by atoms with Gasteiger partial charge in [0.1, 0.15) is 5.75 Å². The van der Waals surface area contributed by atoms with Gasteiger partial charge in [-0.15, -0.1) is 0 Å². The zero-order valence-electron chi connectivity index (χ0n) is 13.0. The third-order valence-electron chi connectivity index (χ3n) is 3.53. The topological polar surface area (TPSA) is 111 Å². The van der Waals surface area contributed by atoms with Gasteiger partial charge < -0.3 is 4.74 Å². The average molecular weight is 359 g/mol. The van der Waals surface area contributed by atoms with E-state index in [-0.39, 0.29) is 11.4 Å². The molecule has 1 aromatic heterocycles. The van der Waals surface area contributed by atoms with Crippen LogP contribution in [0.4, 0.5) is 11.4 Å². The molecule has 0 aliphatic rings. The second kappa shape index (κ2) is 6.36. The van der Waals surface area contributed by atoms with Crippen molar-refractivity contribution in [2.75, 3.05) is 11.8 Å². The van der Waals surface area contributed by atoms with Crippen LogP contribution in [0.2, 0.25) is 0 Å². The summed E-state index contributed by atoms with van der Waals surface area (Å²) >= 11 is 0. The lowest BCUT2D eigenvalue weighted by atomic mass is 10.2. The predicted octanol–water partition coefficient (Wildman–Crippen LogP) is 2.95. The third-order valence-corrected chi connectivity index (χ3v) is 4.92. The van der Waals surface area contributed by atoms with Crippen LogP contribution in [0.3, 0.4) is 0 Å². The van der Waals surface area contributed by atoms with Gasteiger partial charge in [0, 0.05) is 23.7 Å². The van der Waals surface area contributed by atoms with E-state index in [1.165, 1.54) is 19.4 Å². The van der Waals surface area contributed by atoms with Gasteiger partial charge >= 0.3 is 0 Å². The minimum atomic E-state index is -4.22. The molecule has 0 saturated carbocycles. The molecule has 0 unspecified atom stereocenters. The summed E-state index contributed by atoms with van der Waals surface area (Å²) in [5.41, 5.74) is 0.135. The van der Waals surface area contributed by atoms with Crippen LogP contribution in [0, 0.1) is 10.1 Å². The summed E-state index contributed by atoms with van der Waals surface area (Å²) in [6.45, 7) is 0. The van der Waals surface area contributed by atoms with E-state index in [4.69, 9.17) is 4.74 Å². The molecule has 0 fully saturated rings. The molecule has 3 aromatic rings. The van der Waals surface area contributed by atoms with Crippen LogP contribution in [0.15, 0.2) is 59.6 Å². The fraction of sp³-hybridized carbons (Fsp3) is 0.0625. The van der Waals surface area contributed by atoms with Crippen molar-refractivity contribution in [2.45, 2.75) is 4.90 Å². The minimum absolute atomic E-state index is 0.196. The maximum absolute atomic E-state index is 12.7. The molecular formula is C16H13N3O5S. The summed E-state index contributed by atoms with van der Waals surface area (Å²) in [6, 6.07) is 12.0. The maximum Gasteiger partial charge on any atom is 0.290 e. The van der Waals surface area contributed by atoms with Crippen LogP contribution >= 0.6 is 0 Å². The van der Waals surface area contributed by atoms with E-state index in [2.05, 4.69) is 9.71 Å². The monoisotopic (exact) mass is 359 g/mol. The third kappa shape index (κ3) is 3.22. The number of nitrogens with one attached hydrogen (secondary N) is 1. The number of aromatic nitrogens is 1. The lowest BCUT2D eigenvalue weighted by molar-refractivity contribution is -0.387. The van der Waals surface area contributed by atoms with Crippen molar-refractivity contribution in [3.8, 4) is 5.75 Å². The average Bonchev–Trinajstić information content (AvgIpc) is 2.61. The molecule has 0 radical (unpaired) electrons. The Kier molecular flexibility index (Phi) is 4.24. The van der Waals surface area contributed by atoms with Gasteiger partial charge in [0.15, 0.2) is 4.90 Å². The molecule has 1 N–H and O–H groups in total. The number of nitrogens with zero attached hydrogens (tertiary/aromatic N) is 2. The number of hydrogen-bond donors (Lipinski definition) is 1. The first kappa shape index (κ1) is 16.7. The SMILES string of the molecule is COc1ccc([N+](=O)[O-])c(S(=O)(=O)Nc2cccc3cccnc23)c1. The molecule has 8 nitrogen and oxygen atoms in total. The van der Waals surface area contributed by atoms with E-state index in [0.717, 1.165) is 17.5 Å². The lowest BCUT2D eigenvalue weighted by Crippen LogP contribution is -2.15. The first-order chi connectivity index (χ1) is 11.9. The van der Waals surface area contributed by atoms with Crippen LogP contribution in [0.1, 0.15) is 0 Å². The second-order valence-corrected chi connectivity index (χ2v) is 6.73. The molecule has 128 valence electrons. The van der Waals surface area contributed by atoms with Crippen LogP contribution in [0.25, 0.3) is 10.9 Å². The van der Waals surface area contributed by atoms with Crippen molar-refractivity contribution in [3.63, 3.8) is 0 Å². The highest BCUT2D eigenvalue weighted by molar-refractivity contribution is 7.92. The van der Waals surface area contributed by atoms with Crippen LogP contribution in [0.5, 0.6) is 5.75 Å². The highest BCUT2D eigenvalue weighted by Crippen LogP contribution is 2.31. The second-order valence-electron chi connectivity index (χ2n) is 5.08. The first-order valence-corrected chi connectivity index (χ1v) is 8.60. The Hall–Kier alpha value is -3.20. The van der Waals surface area contributed by atoms with Crippen LogP contribution in [-0.4, -0.2) is 25.4 Å². The van der Waals surface area contributed by atoms with Crippen LogP contribution in [-0.2, 0) is 10.0 Å². The molecule has 0 bridgehead atoms. The van der Waals surface area contributed by atoms with E-state index in [1.54, 1.807) is 30.3 Å². The molecule has 0 aliphatic heterocycles. The number of rotatable bonds is 5. The summed E-state index contributed by atoms with van der Waals surface area (Å²) in [5.74, 6) is 0.196. The molecule has 0 aliphatic carbocycles. The largest absolute Gasteiger partial charge is 0.497 e. The number of fused-ring (bicyclic) bond motifs is 1. The Balaban J connectivity index is 2.12. The van der Waals surface area contributed by atoms with Crippen molar-refractivity contribution >= 4 is 32.3 Å². The normalized spacial score (nSPS) is 11.2. The number of methoxy groups -OCH3 is 1. The summed E-state index contributed by atoms with van der Waals surface area (Å²) in [7, 11) is -2.88. The van der Waals surface area contributed by atoms with Gasteiger partial charge in [-0.1, -0.05) is 18.2 Å². The van der Waals surface area contributed by atoms with Crippen molar-refractivity contribution in [3.05, 3.63) is 64.8 Å². The molecule has 0 amide bonds. The van der Waals surface area contributed by atoms with Crippen LogP contribution < -0.4 is 9.46 Å². The zero-order chi connectivity index (χ0) is 18.0. The molecule has 3 rings (SSSR count). The van der Waals surface area contributed by atoms with E-state index < -0.39 is 25.5 Å². The van der Waals surface area contributed by atoms with Gasteiger partial charge in [0.2, 0.25) is 0 Å². The van der Waals surface area contributed by atoms with Gasteiger partial charge in [-0.25, -0.2) is 8.42 Å². The van der Waals surface area contributed by atoms with Gasteiger partial charge in [-0.2, -0.15) is 0 Å². The number of benzene rings is 2. The van der Waals surface area contributed by atoms with E-state index in [0.29, 0.717) is 5.52 Å². The number of sulfonamides is 1. The number of nitro groups is 1.